The van der Waals surface area contributed by atoms with Crippen molar-refractivity contribution < 1.29 is 18.8 Å². The van der Waals surface area contributed by atoms with E-state index in [1.54, 1.807) is 19.9 Å². The molecule has 108 valence electrons. The lowest BCUT2D eigenvalue weighted by atomic mass is 10.1. The van der Waals surface area contributed by atoms with Crippen molar-refractivity contribution in [2.75, 3.05) is 0 Å². The first-order valence-corrected chi connectivity index (χ1v) is 6.10. The number of nitro groups is 1. The van der Waals surface area contributed by atoms with Crippen LogP contribution in [0.5, 0.6) is 11.5 Å². The van der Waals surface area contributed by atoms with E-state index < -0.39 is 10.7 Å². The lowest BCUT2D eigenvalue weighted by Gasteiger charge is -2.11. The fourth-order valence-corrected chi connectivity index (χ4v) is 1.95. The molecule has 21 heavy (non-hydrogen) atoms. The molecule has 0 atom stereocenters. The number of carbonyl (C=O) groups is 1. The van der Waals surface area contributed by atoms with Crippen molar-refractivity contribution in [2.24, 2.45) is 0 Å². The van der Waals surface area contributed by atoms with Crippen molar-refractivity contribution in [1.82, 2.24) is 0 Å². The van der Waals surface area contributed by atoms with Gasteiger partial charge in [0, 0.05) is 5.56 Å². The predicted octanol–water partition coefficient (Wildman–Crippen LogP) is 3.96. The van der Waals surface area contributed by atoms with E-state index in [0.717, 1.165) is 12.1 Å². The van der Waals surface area contributed by atoms with Gasteiger partial charge in [0.25, 0.3) is 5.69 Å². The monoisotopic (exact) mass is 289 g/mol. The summed E-state index contributed by atoms with van der Waals surface area (Å²) in [5, 5.41) is 10.9. The molecule has 0 aliphatic carbocycles. The minimum atomic E-state index is -0.559. The lowest BCUT2D eigenvalue weighted by Crippen LogP contribution is -1.97. The Bertz CT molecular complexity index is 728. The van der Waals surface area contributed by atoms with Gasteiger partial charge >= 0.3 is 0 Å². The van der Waals surface area contributed by atoms with Crippen molar-refractivity contribution in [1.29, 1.82) is 0 Å². The van der Waals surface area contributed by atoms with Crippen molar-refractivity contribution in [2.45, 2.75) is 13.8 Å². The Morgan fingerprint density at radius 2 is 1.86 bits per heavy atom. The Morgan fingerprint density at radius 1 is 1.14 bits per heavy atom. The predicted molar refractivity (Wildman–Crippen MR) is 74.4 cm³/mol. The van der Waals surface area contributed by atoms with E-state index in [0.29, 0.717) is 17.4 Å². The number of carbonyl (C=O) groups excluding carboxylic acids is 1. The molecule has 0 N–H and O–H groups in total. The Labute approximate surface area is 120 Å². The largest absolute Gasteiger partial charge is 0.456 e. The van der Waals surface area contributed by atoms with Gasteiger partial charge in [0.1, 0.15) is 17.3 Å². The fraction of sp³-hybridized carbons (Fsp3) is 0.133. The standard InChI is InChI=1S/C15H12FNO4/c1-9-5-10(2)15(7-13(9)17(19)20)21-14-4-3-12(16)6-11(14)8-18/h3-8H,1-2H3. The molecular formula is C15H12FNO4. The number of hydrogen-bond acceptors (Lipinski definition) is 4. The van der Waals surface area contributed by atoms with E-state index in [1.165, 1.54) is 12.1 Å². The molecule has 5 nitrogen and oxygen atoms in total. The van der Waals surface area contributed by atoms with Gasteiger partial charge in [-0.1, -0.05) is 0 Å². The SMILES string of the molecule is Cc1cc(C)c([N+](=O)[O-])cc1Oc1ccc(F)cc1C=O. The molecule has 0 fully saturated rings. The molecule has 0 saturated heterocycles. The number of benzene rings is 2. The molecule has 0 radical (unpaired) electrons. The van der Waals surface area contributed by atoms with E-state index in [1.807, 2.05) is 0 Å². The highest BCUT2D eigenvalue weighted by Crippen LogP contribution is 2.32. The third kappa shape index (κ3) is 3.05. The van der Waals surface area contributed by atoms with Crippen LogP contribution in [0.25, 0.3) is 0 Å². The quantitative estimate of drug-likeness (QED) is 0.485. The van der Waals surface area contributed by atoms with Crippen molar-refractivity contribution in [3.63, 3.8) is 0 Å². The Morgan fingerprint density at radius 3 is 2.48 bits per heavy atom. The summed E-state index contributed by atoms with van der Waals surface area (Å²) in [5.41, 5.74) is 1.15. The molecule has 0 aliphatic rings. The summed E-state index contributed by atoms with van der Waals surface area (Å²) in [5.74, 6) is -0.161. The first kappa shape index (κ1) is 14.6. The third-order valence-corrected chi connectivity index (χ3v) is 3.01. The Kier molecular flexibility index (Phi) is 3.98. The first-order valence-electron chi connectivity index (χ1n) is 6.10. The second-order valence-corrected chi connectivity index (χ2v) is 4.56. The maximum Gasteiger partial charge on any atom is 0.276 e. The molecule has 2 aromatic rings. The average Bonchev–Trinajstić information content (AvgIpc) is 2.42. The highest BCUT2D eigenvalue weighted by Gasteiger charge is 2.16. The number of nitrogens with zero attached hydrogens (tertiary/aromatic N) is 1. The summed E-state index contributed by atoms with van der Waals surface area (Å²) < 4.78 is 18.6. The van der Waals surface area contributed by atoms with Gasteiger partial charge in [-0.3, -0.25) is 14.9 Å². The van der Waals surface area contributed by atoms with E-state index in [4.69, 9.17) is 4.74 Å². The van der Waals surface area contributed by atoms with Crippen LogP contribution >= 0.6 is 0 Å². The van der Waals surface area contributed by atoms with Crippen LogP contribution in [-0.2, 0) is 0 Å². The smallest absolute Gasteiger partial charge is 0.276 e. The number of rotatable bonds is 4. The highest BCUT2D eigenvalue weighted by atomic mass is 19.1. The van der Waals surface area contributed by atoms with E-state index in [-0.39, 0.29) is 22.7 Å². The van der Waals surface area contributed by atoms with Crippen LogP contribution in [0.3, 0.4) is 0 Å². The van der Waals surface area contributed by atoms with Crippen LogP contribution in [0.4, 0.5) is 10.1 Å². The zero-order valence-electron chi connectivity index (χ0n) is 11.4. The molecule has 2 aromatic carbocycles. The zero-order valence-corrected chi connectivity index (χ0v) is 11.4. The van der Waals surface area contributed by atoms with Gasteiger partial charge in [0.15, 0.2) is 6.29 Å². The number of aryl methyl sites for hydroxylation is 2. The van der Waals surface area contributed by atoms with Crippen LogP contribution in [0.15, 0.2) is 30.3 Å². The van der Waals surface area contributed by atoms with Crippen LogP contribution in [0, 0.1) is 29.8 Å². The summed E-state index contributed by atoms with van der Waals surface area (Å²) in [6, 6.07) is 6.42. The summed E-state index contributed by atoms with van der Waals surface area (Å²) in [7, 11) is 0. The summed E-state index contributed by atoms with van der Waals surface area (Å²) in [6.07, 6.45) is 0.469. The number of hydrogen-bond donors (Lipinski definition) is 0. The van der Waals surface area contributed by atoms with Gasteiger partial charge in [-0.05, 0) is 43.7 Å². The van der Waals surface area contributed by atoms with Crippen LogP contribution in [0.2, 0.25) is 0 Å². The maximum atomic E-state index is 13.1. The highest BCUT2D eigenvalue weighted by molar-refractivity contribution is 5.79. The molecule has 0 aromatic heterocycles. The van der Waals surface area contributed by atoms with Crippen LogP contribution in [0.1, 0.15) is 21.5 Å². The number of aldehydes is 1. The number of ether oxygens (including phenoxy) is 1. The van der Waals surface area contributed by atoms with E-state index >= 15 is 0 Å². The van der Waals surface area contributed by atoms with Gasteiger partial charge in [-0.15, -0.1) is 0 Å². The molecule has 0 spiro atoms. The Balaban J connectivity index is 2.47. The molecular weight excluding hydrogens is 277 g/mol. The minimum absolute atomic E-state index is 0.0395. The third-order valence-electron chi connectivity index (χ3n) is 3.01. The second kappa shape index (κ2) is 5.70. The topological polar surface area (TPSA) is 69.4 Å². The molecule has 0 saturated carbocycles. The van der Waals surface area contributed by atoms with Gasteiger partial charge < -0.3 is 4.74 Å². The molecule has 2 rings (SSSR count). The minimum Gasteiger partial charge on any atom is -0.456 e. The average molecular weight is 289 g/mol. The second-order valence-electron chi connectivity index (χ2n) is 4.56. The van der Waals surface area contributed by atoms with Crippen molar-refractivity contribution >= 4 is 12.0 Å². The molecule has 6 heteroatoms. The molecule has 0 heterocycles. The molecule has 0 unspecified atom stereocenters. The van der Waals surface area contributed by atoms with Crippen LogP contribution < -0.4 is 4.74 Å². The fourth-order valence-electron chi connectivity index (χ4n) is 1.95. The van der Waals surface area contributed by atoms with Crippen molar-refractivity contribution in [3.05, 3.63) is 63.0 Å². The van der Waals surface area contributed by atoms with Crippen LogP contribution in [-0.4, -0.2) is 11.2 Å². The molecule has 0 aliphatic heterocycles. The van der Waals surface area contributed by atoms with Crippen molar-refractivity contribution in [3.8, 4) is 11.5 Å². The van der Waals surface area contributed by atoms with Gasteiger partial charge in [-0.25, -0.2) is 4.39 Å². The summed E-state index contributed by atoms with van der Waals surface area (Å²) in [4.78, 5) is 21.4. The van der Waals surface area contributed by atoms with Gasteiger partial charge in [0.05, 0.1) is 16.6 Å². The molecule has 0 amide bonds. The zero-order chi connectivity index (χ0) is 15.6. The Hall–Kier alpha value is -2.76. The number of nitro benzene ring substituents is 1. The van der Waals surface area contributed by atoms with Gasteiger partial charge in [-0.2, -0.15) is 0 Å². The number of halogens is 1. The first-order chi connectivity index (χ1) is 9.92. The normalized spacial score (nSPS) is 10.2. The summed E-state index contributed by atoms with van der Waals surface area (Å²) >= 11 is 0. The lowest BCUT2D eigenvalue weighted by molar-refractivity contribution is -0.385. The maximum absolute atomic E-state index is 13.1. The summed E-state index contributed by atoms with van der Waals surface area (Å²) in [6.45, 7) is 3.36. The van der Waals surface area contributed by atoms with E-state index in [2.05, 4.69) is 0 Å². The van der Waals surface area contributed by atoms with E-state index in [9.17, 15) is 19.3 Å². The van der Waals surface area contributed by atoms with Gasteiger partial charge in [0.2, 0.25) is 0 Å². The molecule has 0 bridgehead atoms.